The lowest BCUT2D eigenvalue weighted by atomic mass is 10.1. The van der Waals surface area contributed by atoms with E-state index in [1.807, 2.05) is 0 Å². The van der Waals surface area contributed by atoms with Gasteiger partial charge in [-0.1, -0.05) is 6.07 Å². The first-order chi connectivity index (χ1) is 13.4. The maximum atomic E-state index is 13.6. The van der Waals surface area contributed by atoms with Gasteiger partial charge in [-0.05, 0) is 17.5 Å². The molecule has 0 aliphatic heterocycles. The molecule has 3 N–H and O–H groups in total. The Morgan fingerprint density at radius 3 is 2.38 bits per heavy atom. The van der Waals surface area contributed by atoms with Gasteiger partial charge in [-0.25, -0.2) is 15.8 Å². The van der Waals surface area contributed by atoms with E-state index in [4.69, 9.17) is 5.84 Å². The van der Waals surface area contributed by atoms with E-state index in [1.165, 1.54) is 22.9 Å². The van der Waals surface area contributed by atoms with E-state index in [0.717, 1.165) is 11.3 Å². The lowest BCUT2D eigenvalue weighted by Gasteiger charge is -2.17. The van der Waals surface area contributed by atoms with Crippen LogP contribution in [0.15, 0.2) is 28.4 Å². The third-order valence-corrected chi connectivity index (χ3v) is 4.61. The Labute approximate surface area is 160 Å². The summed E-state index contributed by atoms with van der Waals surface area (Å²) in [5, 5.41) is 0.350. The van der Waals surface area contributed by atoms with Crippen molar-refractivity contribution in [1.29, 1.82) is 0 Å². The maximum Gasteiger partial charge on any atom is 0.449 e. The number of fused-ring (bicyclic) bond motifs is 1. The van der Waals surface area contributed by atoms with Crippen LogP contribution in [-0.4, -0.2) is 20.4 Å². The number of nitrogens with one attached hydrogen (secondary N) is 1. The third-order valence-electron chi connectivity index (χ3n) is 3.72. The second kappa shape index (κ2) is 7.11. The van der Waals surface area contributed by atoms with Gasteiger partial charge in [-0.2, -0.15) is 26.3 Å². The second-order valence-corrected chi connectivity index (χ2v) is 6.57. The van der Waals surface area contributed by atoms with E-state index in [2.05, 4.69) is 9.97 Å². The van der Waals surface area contributed by atoms with Crippen molar-refractivity contribution in [2.45, 2.75) is 18.9 Å². The van der Waals surface area contributed by atoms with Crippen LogP contribution in [0.2, 0.25) is 0 Å². The Kier molecular flexibility index (Phi) is 5.08. The van der Waals surface area contributed by atoms with Crippen LogP contribution < -0.4 is 16.8 Å². The smallest absolute Gasteiger partial charge is 0.293 e. The van der Waals surface area contributed by atoms with Gasteiger partial charge in [0.25, 0.3) is 11.5 Å². The van der Waals surface area contributed by atoms with E-state index in [-0.39, 0.29) is 15.1 Å². The maximum absolute atomic E-state index is 13.6. The lowest BCUT2D eigenvalue weighted by molar-refractivity contribution is -0.148. The van der Waals surface area contributed by atoms with Gasteiger partial charge >= 0.3 is 12.4 Å². The molecule has 3 aromatic heterocycles. The van der Waals surface area contributed by atoms with Crippen LogP contribution in [0.3, 0.4) is 0 Å². The minimum atomic E-state index is -5.25. The Morgan fingerprint density at radius 2 is 1.86 bits per heavy atom. The molecule has 3 heterocycles. The average Bonchev–Trinajstić information content (AvgIpc) is 3.15. The van der Waals surface area contributed by atoms with Crippen molar-refractivity contribution >= 4 is 28.3 Å². The molecular weight excluding hydrogens is 428 g/mol. The molecule has 0 saturated heterocycles. The first-order valence-corrected chi connectivity index (χ1v) is 8.44. The number of carbonyl (C=O) groups is 1. The van der Waals surface area contributed by atoms with Gasteiger partial charge in [-0.15, -0.1) is 11.3 Å². The van der Waals surface area contributed by atoms with Crippen LogP contribution in [0.1, 0.15) is 11.4 Å². The van der Waals surface area contributed by atoms with E-state index >= 15 is 0 Å². The highest BCUT2D eigenvalue weighted by Gasteiger charge is 2.41. The fourth-order valence-corrected chi connectivity index (χ4v) is 3.23. The highest BCUT2D eigenvalue weighted by atomic mass is 32.1. The van der Waals surface area contributed by atoms with Gasteiger partial charge in [0.05, 0.1) is 21.5 Å². The topological polar surface area (TPSA) is 103 Å². The van der Waals surface area contributed by atoms with Crippen LogP contribution in [-0.2, 0) is 23.7 Å². The molecule has 0 aromatic carbocycles. The first-order valence-electron chi connectivity index (χ1n) is 7.56. The summed E-state index contributed by atoms with van der Waals surface area (Å²) in [6.07, 6.45) is -10.3. The zero-order chi connectivity index (χ0) is 21.6. The van der Waals surface area contributed by atoms with Gasteiger partial charge in [0.1, 0.15) is 6.54 Å². The number of rotatable bonds is 3. The zero-order valence-electron chi connectivity index (χ0n) is 13.9. The summed E-state index contributed by atoms with van der Waals surface area (Å²) in [7, 11) is 0. The number of carbonyl (C=O) groups excluding carboxylic acids is 1. The average molecular weight is 437 g/mol. The molecule has 3 aromatic rings. The lowest BCUT2D eigenvalue weighted by Crippen LogP contribution is -2.39. The number of thiophene rings is 1. The van der Waals surface area contributed by atoms with Crippen LogP contribution in [0, 0.1) is 0 Å². The molecule has 1 amide bonds. The number of halogens is 6. The number of hydrogen-bond donors (Lipinski definition) is 2. The predicted octanol–water partition coefficient (Wildman–Crippen LogP) is 2.55. The van der Waals surface area contributed by atoms with Crippen molar-refractivity contribution in [1.82, 2.24) is 20.0 Å². The summed E-state index contributed by atoms with van der Waals surface area (Å²) in [4.78, 5) is 31.1. The summed E-state index contributed by atoms with van der Waals surface area (Å²) in [5.74, 6) is 1.69. The monoisotopic (exact) mass is 437 g/mol. The number of hydrogen-bond acceptors (Lipinski definition) is 6. The van der Waals surface area contributed by atoms with Gasteiger partial charge in [0, 0.05) is 0 Å². The molecule has 0 spiro atoms. The molecule has 154 valence electrons. The van der Waals surface area contributed by atoms with E-state index in [0.29, 0.717) is 6.07 Å². The highest BCUT2D eigenvalue weighted by Crippen LogP contribution is 2.37. The molecule has 0 unspecified atom stereocenters. The van der Waals surface area contributed by atoms with Gasteiger partial charge in [0.2, 0.25) is 5.82 Å². The Morgan fingerprint density at radius 1 is 1.17 bits per heavy atom. The number of hydrazine groups is 1. The fraction of sp³-hybridized carbons (Fsp3) is 0.200. The molecule has 14 heteroatoms. The minimum Gasteiger partial charge on any atom is -0.293 e. The number of nitrogens with zero attached hydrogens (tertiary/aromatic N) is 3. The molecule has 0 fully saturated rings. The Balaban J connectivity index is 2.45. The van der Waals surface area contributed by atoms with Crippen LogP contribution in [0.5, 0.6) is 0 Å². The van der Waals surface area contributed by atoms with Gasteiger partial charge in [-0.3, -0.25) is 19.6 Å². The van der Waals surface area contributed by atoms with E-state index < -0.39 is 52.8 Å². The molecule has 0 bridgehead atoms. The van der Waals surface area contributed by atoms with E-state index in [9.17, 15) is 35.9 Å². The standard InChI is InChI=1S/C15H9F6N5O2S/c16-14(17,18)6-4-7(8-2-1-3-29-8)23-11-10(6)12(28)26(5-9(27)25-22)13(24-11)15(19,20)21/h1-4H,5,22H2,(H,25,27). The third kappa shape index (κ3) is 3.93. The summed E-state index contributed by atoms with van der Waals surface area (Å²) in [6, 6.07) is 3.48. The van der Waals surface area contributed by atoms with Crippen LogP contribution in [0.25, 0.3) is 21.6 Å². The summed E-state index contributed by atoms with van der Waals surface area (Å²) < 4.78 is 80.7. The summed E-state index contributed by atoms with van der Waals surface area (Å²) >= 11 is 1.00. The van der Waals surface area contributed by atoms with E-state index in [1.54, 1.807) is 0 Å². The van der Waals surface area contributed by atoms with Crippen LogP contribution in [0.4, 0.5) is 26.3 Å². The SMILES string of the molecule is NNC(=O)Cn1c(C(F)(F)F)nc2nc(-c3cccs3)cc(C(F)(F)F)c2c1=O. The fourth-order valence-electron chi connectivity index (χ4n) is 2.54. The molecule has 0 aliphatic rings. The molecule has 7 nitrogen and oxygen atoms in total. The van der Waals surface area contributed by atoms with Crippen molar-refractivity contribution < 1.29 is 31.1 Å². The molecular formula is C15H9F6N5O2S. The number of amides is 1. The first kappa shape index (κ1) is 20.7. The molecule has 29 heavy (non-hydrogen) atoms. The van der Waals surface area contributed by atoms with Crippen molar-refractivity contribution in [2.24, 2.45) is 5.84 Å². The number of alkyl halides is 6. The summed E-state index contributed by atoms with van der Waals surface area (Å²) in [6.45, 7) is -1.28. The molecule has 0 saturated carbocycles. The number of aromatic nitrogens is 3. The minimum absolute atomic E-state index is 0.216. The molecule has 3 rings (SSSR count). The van der Waals surface area contributed by atoms with Crippen molar-refractivity contribution in [3.63, 3.8) is 0 Å². The molecule has 0 radical (unpaired) electrons. The number of nitrogens with two attached hydrogens (primary N) is 1. The molecule has 0 atom stereocenters. The molecule has 0 aliphatic carbocycles. The van der Waals surface area contributed by atoms with Crippen molar-refractivity contribution in [3.05, 3.63) is 45.3 Å². The van der Waals surface area contributed by atoms with Crippen molar-refractivity contribution in [2.75, 3.05) is 0 Å². The largest absolute Gasteiger partial charge is 0.449 e. The Hall–Kier alpha value is -3.00. The quantitative estimate of drug-likeness (QED) is 0.284. The Bertz CT molecular complexity index is 1140. The normalized spacial score (nSPS) is 12.4. The number of pyridine rings is 1. The van der Waals surface area contributed by atoms with Gasteiger partial charge in [0.15, 0.2) is 5.65 Å². The summed E-state index contributed by atoms with van der Waals surface area (Å²) in [5.41, 5.74) is -3.06. The predicted molar refractivity (Wildman–Crippen MR) is 89.4 cm³/mol. The highest BCUT2D eigenvalue weighted by molar-refractivity contribution is 7.13. The zero-order valence-corrected chi connectivity index (χ0v) is 14.7. The van der Waals surface area contributed by atoms with Crippen LogP contribution >= 0.6 is 11.3 Å². The van der Waals surface area contributed by atoms with Crippen molar-refractivity contribution in [3.8, 4) is 10.6 Å². The van der Waals surface area contributed by atoms with Gasteiger partial charge < -0.3 is 0 Å². The second-order valence-electron chi connectivity index (χ2n) is 5.62.